The van der Waals surface area contributed by atoms with Crippen molar-refractivity contribution < 1.29 is 13.5 Å². The number of pyridine rings is 1. The van der Waals surface area contributed by atoms with Crippen LogP contribution in [0.1, 0.15) is 5.56 Å². The number of rotatable bonds is 5. The second-order valence-electron chi connectivity index (χ2n) is 7.28. The van der Waals surface area contributed by atoms with Gasteiger partial charge in [-0.1, -0.05) is 0 Å². The molecule has 0 spiro atoms. The summed E-state index contributed by atoms with van der Waals surface area (Å²) in [7, 11) is 0. The van der Waals surface area contributed by atoms with Crippen molar-refractivity contribution >= 4 is 5.69 Å². The summed E-state index contributed by atoms with van der Waals surface area (Å²) in [5, 5.41) is 14.7. The minimum absolute atomic E-state index is 0.0275. The third kappa shape index (κ3) is 4.28. The van der Waals surface area contributed by atoms with Crippen molar-refractivity contribution in [2.75, 3.05) is 24.6 Å². The molecule has 12 nitrogen and oxygen atoms in total. The van der Waals surface area contributed by atoms with Crippen LogP contribution in [0.25, 0.3) is 11.3 Å². The Bertz CT molecular complexity index is 1480. The molecule has 4 N–H and O–H groups in total. The number of alkyl halides is 2. The Kier molecular flexibility index (Phi) is 5.38. The molecule has 1 fully saturated rings. The number of H-pyrrole nitrogens is 4. The highest BCUT2D eigenvalue weighted by molar-refractivity contribution is 5.62. The fraction of sp³-hybridized carbons (Fsp3) is 0.263. The lowest BCUT2D eigenvalue weighted by atomic mass is 10.1. The van der Waals surface area contributed by atoms with E-state index in [1.165, 1.54) is 18.2 Å². The highest BCUT2D eigenvalue weighted by Crippen LogP contribution is 2.35. The average molecular weight is 459 g/mol. The summed E-state index contributed by atoms with van der Waals surface area (Å²) in [4.78, 5) is 54.8. The number of ether oxygens (including phenoxy) is 1. The first-order chi connectivity index (χ1) is 15.7. The molecule has 3 aromatic rings. The summed E-state index contributed by atoms with van der Waals surface area (Å²) in [6, 6.07) is 5.36. The van der Waals surface area contributed by atoms with Crippen LogP contribution >= 0.6 is 0 Å². The second-order valence-corrected chi connectivity index (χ2v) is 7.28. The lowest BCUT2D eigenvalue weighted by Crippen LogP contribution is -2.32. The number of nitrogens with one attached hydrogen (secondary N) is 4. The summed E-state index contributed by atoms with van der Waals surface area (Å²) in [6.07, 6.45) is 1.10. The predicted molar refractivity (Wildman–Crippen MR) is 109 cm³/mol. The van der Waals surface area contributed by atoms with Crippen molar-refractivity contribution in [3.8, 4) is 23.2 Å². The molecule has 0 aromatic carbocycles. The largest absolute Gasteiger partial charge is 0.478 e. The fourth-order valence-corrected chi connectivity index (χ4v) is 3.39. The molecule has 3 aromatic heterocycles. The van der Waals surface area contributed by atoms with E-state index in [1.807, 2.05) is 4.98 Å². The Labute approximate surface area is 181 Å². The van der Waals surface area contributed by atoms with E-state index in [9.17, 15) is 28.0 Å². The molecule has 1 aliphatic heterocycles. The van der Waals surface area contributed by atoms with E-state index >= 15 is 0 Å². The van der Waals surface area contributed by atoms with E-state index < -0.39 is 47.4 Å². The molecule has 4 rings (SSSR count). The zero-order chi connectivity index (χ0) is 23.8. The van der Waals surface area contributed by atoms with Crippen LogP contribution in [-0.2, 0) is 0 Å². The van der Waals surface area contributed by atoms with Gasteiger partial charge in [0.15, 0.2) is 5.88 Å². The molecule has 1 unspecified atom stereocenters. The highest BCUT2D eigenvalue weighted by Gasteiger charge is 2.49. The molecule has 0 saturated carbocycles. The number of halogens is 2. The molecule has 0 bridgehead atoms. The maximum absolute atomic E-state index is 14.6. The van der Waals surface area contributed by atoms with E-state index in [2.05, 4.69) is 20.2 Å². The minimum Gasteiger partial charge on any atom is -0.478 e. The molecular weight excluding hydrogens is 444 g/mol. The van der Waals surface area contributed by atoms with Crippen LogP contribution in [0.5, 0.6) is 5.88 Å². The van der Waals surface area contributed by atoms with Gasteiger partial charge in [-0.15, -0.1) is 0 Å². The van der Waals surface area contributed by atoms with Crippen LogP contribution in [0.3, 0.4) is 0 Å². The maximum Gasteiger partial charge on any atom is 0.325 e. The molecular formula is C19H15F2N7O5. The van der Waals surface area contributed by atoms with Crippen molar-refractivity contribution in [3.05, 3.63) is 71.5 Å². The summed E-state index contributed by atoms with van der Waals surface area (Å²) in [6.45, 7) is -1.53. The van der Waals surface area contributed by atoms with Crippen LogP contribution in [0, 0.1) is 17.2 Å². The standard InChI is InChI=1S/C19H15F2N7O5/c20-19(21)8-28(6-10(19)7-33-14-2-1-9(4-22)15(29)24-14)13-3-12(26-27-17(13)31)11-5-23-18(32)25-16(11)30/h1-3,5,10H,6-8H2,(H,24,29)(H,27,31)(H2,23,25,30,32). The molecule has 170 valence electrons. The average Bonchev–Trinajstić information content (AvgIpc) is 3.07. The van der Waals surface area contributed by atoms with Gasteiger partial charge in [-0.05, 0) is 18.2 Å². The zero-order valence-corrected chi connectivity index (χ0v) is 16.6. The Balaban J connectivity index is 1.56. The lowest BCUT2D eigenvalue weighted by molar-refractivity contribution is -0.0359. The number of hydrogen-bond donors (Lipinski definition) is 4. The van der Waals surface area contributed by atoms with E-state index in [1.54, 1.807) is 6.07 Å². The van der Waals surface area contributed by atoms with E-state index in [4.69, 9.17) is 10.00 Å². The molecule has 0 radical (unpaired) electrons. The molecule has 14 heteroatoms. The normalized spacial score (nSPS) is 17.0. The van der Waals surface area contributed by atoms with Crippen LogP contribution < -0.4 is 32.0 Å². The van der Waals surface area contributed by atoms with Gasteiger partial charge in [0.05, 0.1) is 23.7 Å². The van der Waals surface area contributed by atoms with Gasteiger partial charge in [0.2, 0.25) is 0 Å². The fourth-order valence-electron chi connectivity index (χ4n) is 3.39. The zero-order valence-electron chi connectivity index (χ0n) is 16.6. The Morgan fingerprint density at radius 3 is 2.67 bits per heavy atom. The highest BCUT2D eigenvalue weighted by atomic mass is 19.3. The van der Waals surface area contributed by atoms with Crippen LogP contribution in [0.2, 0.25) is 0 Å². The molecule has 1 saturated heterocycles. The summed E-state index contributed by atoms with van der Waals surface area (Å²) in [5.41, 5.74) is -3.33. The van der Waals surface area contributed by atoms with Gasteiger partial charge >= 0.3 is 5.69 Å². The summed E-state index contributed by atoms with van der Waals surface area (Å²) >= 11 is 0. The molecule has 1 atom stereocenters. The van der Waals surface area contributed by atoms with E-state index in [-0.39, 0.29) is 34.9 Å². The predicted octanol–water partition coefficient (Wildman–Crippen LogP) is -0.476. The Morgan fingerprint density at radius 2 is 1.97 bits per heavy atom. The molecule has 4 heterocycles. The van der Waals surface area contributed by atoms with Crippen molar-refractivity contribution in [1.82, 2.24) is 25.1 Å². The van der Waals surface area contributed by atoms with Gasteiger partial charge in [-0.3, -0.25) is 24.4 Å². The van der Waals surface area contributed by atoms with Crippen LogP contribution in [0.15, 0.2) is 43.6 Å². The first-order valence-electron chi connectivity index (χ1n) is 9.49. The van der Waals surface area contributed by atoms with Gasteiger partial charge in [0.25, 0.3) is 22.6 Å². The molecule has 0 aliphatic carbocycles. The SMILES string of the molecule is N#Cc1ccc(OCC2CN(c3cc(-c4c[nH]c(=O)[nH]c4=O)n[nH]c3=O)CC2(F)F)[nH]c1=O. The van der Waals surface area contributed by atoms with Crippen molar-refractivity contribution in [1.29, 1.82) is 5.26 Å². The van der Waals surface area contributed by atoms with Crippen molar-refractivity contribution in [2.24, 2.45) is 5.92 Å². The first kappa shape index (κ1) is 21.7. The third-order valence-electron chi connectivity index (χ3n) is 5.10. The Morgan fingerprint density at radius 1 is 1.18 bits per heavy atom. The number of aromatic nitrogens is 5. The maximum atomic E-state index is 14.6. The number of aromatic amines is 4. The summed E-state index contributed by atoms with van der Waals surface area (Å²) in [5.74, 6) is -4.64. The van der Waals surface area contributed by atoms with E-state index in [0.29, 0.717) is 0 Å². The number of nitrogens with zero attached hydrogens (tertiary/aromatic N) is 3. The minimum atomic E-state index is -3.24. The van der Waals surface area contributed by atoms with E-state index in [0.717, 1.165) is 11.1 Å². The smallest absolute Gasteiger partial charge is 0.325 e. The topological polar surface area (TPSA) is 181 Å². The van der Waals surface area contributed by atoms with Gasteiger partial charge in [-0.2, -0.15) is 10.4 Å². The van der Waals surface area contributed by atoms with Crippen molar-refractivity contribution in [3.63, 3.8) is 0 Å². The molecule has 0 amide bonds. The lowest BCUT2D eigenvalue weighted by Gasteiger charge is -2.17. The van der Waals surface area contributed by atoms with Crippen molar-refractivity contribution in [2.45, 2.75) is 5.92 Å². The number of anilines is 1. The molecule has 1 aliphatic rings. The van der Waals surface area contributed by atoms with Crippen LogP contribution in [0.4, 0.5) is 14.5 Å². The quantitative estimate of drug-likeness (QED) is 0.395. The van der Waals surface area contributed by atoms with Crippen LogP contribution in [-0.4, -0.2) is 50.8 Å². The second kappa shape index (κ2) is 8.19. The van der Waals surface area contributed by atoms with Gasteiger partial charge in [-0.25, -0.2) is 18.7 Å². The van der Waals surface area contributed by atoms with Gasteiger partial charge in [0.1, 0.15) is 23.9 Å². The van der Waals surface area contributed by atoms with Gasteiger partial charge < -0.3 is 14.6 Å². The van der Waals surface area contributed by atoms with Gasteiger partial charge in [0, 0.05) is 12.7 Å². The first-order valence-corrected chi connectivity index (χ1v) is 9.49. The third-order valence-corrected chi connectivity index (χ3v) is 5.10. The number of hydrogen-bond acceptors (Lipinski definition) is 8. The number of nitriles is 1. The Hall–Kier alpha value is -4.54. The molecule has 33 heavy (non-hydrogen) atoms. The monoisotopic (exact) mass is 459 g/mol. The summed E-state index contributed by atoms with van der Waals surface area (Å²) < 4.78 is 34.6.